The minimum absolute atomic E-state index is 0.124. The first-order chi connectivity index (χ1) is 12.7. The molecule has 5 nitrogen and oxygen atoms in total. The molecule has 0 aliphatic rings. The molecule has 0 saturated heterocycles. The highest BCUT2D eigenvalue weighted by atomic mass is 35.5. The number of anilines is 1. The van der Waals surface area contributed by atoms with Crippen LogP contribution in [0.2, 0.25) is 5.02 Å². The molecule has 0 atom stereocenters. The SMILES string of the molecule is COc1ccc(/C=N/NC(=O)CNc2ccc3ccccc3c2)cc1Cl. The number of nitrogens with one attached hydrogen (secondary N) is 2. The van der Waals surface area contributed by atoms with Crippen LogP contribution in [-0.2, 0) is 4.79 Å². The number of rotatable bonds is 6. The van der Waals surface area contributed by atoms with Crippen molar-refractivity contribution in [2.45, 2.75) is 0 Å². The van der Waals surface area contributed by atoms with Gasteiger partial charge in [-0.05, 0) is 46.7 Å². The van der Waals surface area contributed by atoms with Crippen LogP contribution in [0.4, 0.5) is 5.69 Å². The van der Waals surface area contributed by atoms with E-state index in [1.54, 1.807) is 25.3 Å². The van der Waals surface area contributed by atoms with Gasteiger partial charge in [0.05, 0.1) is 24.9 Å². The molecule has 2 N–H and O–H groups in total. The van der Waals surface area contributed by atoms with E-state index in [0.29, 0.717) is 10.8 Å². The fourth-order valence-electron chi connectivity index (χ4n) is 2.46. The Hall–Kier alpha value is -3.05. The van der Waals surface area contributed by atoms with Crippen molar-refractivity contribution >= 4 is 40.2 Å². The van der Waals surface area contributed by atoms with Gasteiger partial charge in [-0.3, -0.25) is 4.79 Å². The van der Waals surface area contributed by atoms with Gasteiger partial charge in [-0.1, -0.05) is 41.9 Å². The molecule has 26 heavy (non-hydrogen) atoms. The lowest BCUT2D eigenvalue weighted by atomic mass is 10.1. The molecule has 3 aromatic carbocycles. The summed E-state index contributed by atoms with van der Waals surface area (Å²) >= 11 is 6.05. The van der Waals surface area contributed by atoms with E-state index in [9.17, 15) is 4.79 Å². The molecule has 0 aromatic heterocycles. The zero-order chi connectivity index (χ0) is 18.4. The van der Waals surface area contributed by atoms with Gasteiger partial charge < -0.3 is 10.1 Å². The smallest absolute Gasteiger partial charge is 0.259 e. The Kier molecular flexibility index (Phi) is 5.71. The molecular formula is C20H18ClN3O2. The third kappa shape index (κ3) is 4.52. The minimum Gasteiger partial charge on any atom is -0.495 e. The Balaban J connectivity index is 1.52. The molecule has 1 amide bonds. The Labute approximate surface area is 156 Å². The number of methoxy groups -OCH3 is 1. The van der Waals surface area contributed by atoms with Crippen molar-refractivity contribution in [3.05, 3.63) is 71.2 Å². The monoisotopic (exact) mass is 367 g/mol. The van der Waals surface area contributed by atoms with Gasteiger partial charge in [-0.15, -0.1) is 0 Å². The van der Waals surface area contributed by atoms with Crippen LogP contribution in [0, 0.1) is 0 Å². The van der Waals surface area contributed by atoms with Gasteiger partial charge in [0.15, 0.2) is 0 Å². The molecule has 0 aliphatic carbocycles. The van der Waals surface area contributed by atoms with Crippen molar-refractivity contribution in [1.29, 1.82) is 0 Å². The quantitative estimate of drug-likeness (QED) is 0.510. The maximum atomic E-state index is 11.9. The predicted octanol–water partition coefficient (Wildman–Crippen LogP) is 4.06. The number of nitrogens with zero attached hydrogens (tertiary/aromatic N) is 1. The first-order valence-electron chi connectivity index (χ1n) is 8.04. The number of benzene rings is 3. The summed E-state index contributed by atoms with van der Waals surface area (Å²) in [5, 5.41) is 9.78. The molecule has 0 bridgehead atoms. The molecule has 0 saturated carbocycles. The van der Waals surface area contributed by atoms with Gasteiger partial charge in [0, 0.05) is 5.69 Å². The zero-order valence-corrected chi connectivity index (χ0v) is 15.0. The van der Waals surface area contributed by atoms with Crippen LogP contribution in [0.25, 0.3) is 10.8 Å². The Bertz CT molecular complexity index is 957. The summed E-state index contributed by atoms with van der Waals surface area (Å²) in [6.07, 6.45) is 1.53. The van der Waals surface area contributed by atoms with Crippen LogP contribution in [0.15, 0.2) is 65.8 Å². The second-order valence-corrected chi connectivity index (χ2v) is 6.01. The number of carbonyl (C=O) groups is 1. The zero-order valence-electron chi connectivity index (χ0n) is 14.2. The third-order valence-corrected chi connectivity index (χ3v) is 4.08. The largest absolute Gasteiger partial charge is 0.495 e. The summed E-state index contributed by atoms with van der Waals surface area (Å²) < 4.78 is 5.09. The molecule has 132 valence electrons. The summed E-state index contributed by atoms with van der Waals surface area (Å²) in [6, 6.07) is 19.3. The minimum atomic E-state index is -0.242. The molecule has 0 spiro atoms. The molecule has 0 fully saturated rings. The predicted molar refractivity (Wildman–Crippen MR) is 106 cm³/mol. The lowest BCUT2D eigenvalue weighted by Gasteiger charge is -2.07. The van der Waals surface area contributed by atoms with Gasteiger partial charge in [-0.25, -0.2) is 5.43 Å². The van der Waals surface area contributed by atoms with E-state index in [-0.39, 0.29) is 12.5 Å². The van der Waals surface area contributed by atoms with Crippen molar-refractivity contribution in [2.75, 3.05) is 19.0 Å². The van der Waals surface area contributed by atoms with E-state index >= 15 is 0 Å². The number of ether oxygens (including phenoxy) is 1. The number of fused-ring (bicyclic) bond motifs is 1. The first kappa shape index (κ1) is 17.8. The Morgan fingerprint density at radius 3 is 2.69 bits per heavy atom. The average molecular weight is 368 g/mol. The highest BCUT2D eigenvalue weighted by Gasteiger charge is 2.02. The fraction of sp³-hybridized carbons (Fsp3) is 0.100. The van der Waals surface area contributed by atoms with E-state index < -0.39 is 0 Å². The maximum absolute atomic E-state index is 11.9. The summed E-state index contributed by atoms with van der Waals surface area (Å²) in [7, 11) is 1.55. The van der Waals surface area contributed by atoms with Crippen molar-refractivity contribution in [3.63, 3.8) is 0 Å². The Morgan fingerprint density at radius 1 is 1.12 bits per heavy atom. The summed E-state index contributed by atoms with van der Waals surface area (Å²) in [4.78, 5) is 11.9. The summed E-state index contributed by atoms with van der Waals surface area (Å²) in [5.41, 5.74) is 4.12. The number of hydrazone groups is 1. The average Bonchev–Trinajstić information content (AvgIpc) is 2.66. The number of carbonyl (C=O) groups excluding carboxylic acids is 1. The molecule has 0 aliphatic heterocycles. The number of halogens is 1. The van der Waals surface area contributed by atoms with Crippen LogP contribution < -0.4 is 15.5 Å². The second-order valence-electron chi connectivity index (χ2n) is 5.60. The van der Waals surface area contributed by atoms with Gasteiger partial charge in [0.2, 0.25) is 0 Å². The van der Waals surface area contributed by atoms with Gasteiger partial charge in [0.1, 0.15) is 5.75 Å². The third-order valence-electron chi connectivity index (χ3n) is 3.78. The molecule has 0 heterocycles. The highest BCUT2D eigenvalue weighted by Crippen LogP contribution is 2.24. The van der Waals surface area contributed by atoms with Crippen LogP contribution in [0.3, 0.4) is 0 Å². The number of hydrogen-bond donors (Lipinski definition) is 2. The first-order valence-corrected chi connectivity index (χ1v) is 8.41. The highest BCUT2D eigenvalue weighted by molar-refractivity contribution is 6.32. The molecule has 6 heteroatoms. The lowest BCUT2D eigenvalue weighted by Crippen LogP contribution is -2.25. The maximum Gasteiger partial charge on any atom is 0.259 e. The fourth-order valence-corrected chi connectivity index (χ4v) is 2.73. The number of hydrogen-bond acceptors (Lipinski definition) is 4. The van der Waals surface area contributed by atoms with Crippen molar-refractivity contribution < 1.29 is 9.53 Å². The molecule has 3 aromatic rings. The molecular weight excluding hydrogens is 350 g/mol. The van der Waals surface area contributed by atoms with E-state index in [4.69, 9.17) is 16.3 Å². The summed E-state index contributed by atoms with van der Waals surface area (Å²) in [6.45, 7) is 0.124. The van der Waals surface area contributed by atoms with Crippen LogP contribution in [0.1, 0.15) is 5.56 Å². The number of amides is 1. The molecule has 3 rings (SSSR count). The molecule has 0 unspecified atom stereocenters. The van der Waals surface area contributed by atoms with Crippen LogP contribution in [0.5, 0.6) is 5.75 Å². The van der Waals surface area contributed by atoms with Gasteiger partial charge in [0.25, 0.3) is 5.91 Å². The standard InChI is InChI=1S/C20H18ClN3O2/c1-26-19-9-6-14(10-18(19)21)12-23-24-20(25)13-22-17-8-7-15-4-2-3-5-16(15)11-17/h2-12,22H,13H2,1H3,(H,24,25)/b23-12+. The lowest BCUT2D eigenvalue weighted by molar-refractivity contribution is -0.119. The van der Waals surface area contributed by atoms with Gasteiger partial charge in [-0.2, -0.15) is 5.10 Å². The van der Waals surface area contributed by atoms with E-state index in [1.165, 1.54) is 6.21 Å². The topological polar surface area (TPSA) is 62.7 Å². The van der Waals surface area contributed by atoms with Crippen molar-refractivity contribution in [1.82, 2.24) is 5.43 Å². The van der Waals surface area contributed by atoms with Crippen molar-refractivity contribution in [3.8, 4) is 5.75 Å². The van der Waals surface area contributed by atoms with Crippen LogP contribution >= 0.6 is 11.6 Å². The van der Waals surface area contributed by atoms with E-state index in [1.807, 2.05) is 42.5 Å². The Morgan fingerprint density at radius 2 is 1.92 bits per heavy atom. The molecule has 0 radical (unpaired) electrons. The van der Waals surface area contributed by atoms with Crippen LogP contribution in [-0.4, -0.2) is 25.8 Å². The van der Waals surface area contributed by atoms with Crippen molar-refractivity contribution in [2.24, 2.45) is 5.10 Å². The van der Waals surface area contributed by atoms with E-state index in [2.05, 4.69) is 15.8 Å². The van der Waals surface area contributed by atoms with Gasteiger partial charge >= 0.3 is 0 Å². The normalized spacial score (nSPS) is 10.8. The van der Waals surface area contributed by atoms with E-state index in [0.717, 1.165) is 22.0 Å². The summed E-state index contributed by atoms with van der Waals surface area (Å²) in [5.74, 6) is 0.349. The second kappa shape index (κ2) is 8.36.